The third-order valence-electron chi connectivity index (χ3n) is 6.94. The highest BCUT2D eigenvalue weighted by Gasteiger charge is 2.41. The Labute approximate surface area is 220 Å². The van der Waals surface area contributed by atoms with E-state index in [1.165, 1.54) is 16.8 Å². The summed E-state index contributed by atoms with van der Waals surface area (Å²) < 4.78 is 11.7. The first kappa shape index (κ1) is 25.2. The third kappa shape index (κ3) is 5.84. The number of rotatable bonds is 5. The molecule has 0 amide bonds. The van der Waals surface area contributed by atoms with E-state index in [0.29, 0.717) is 6.04 Å². The molecule has 0 saturated carbocycles. The molecule has 184 valence electrons. The average molecular weight is 578 g/mol. The van der Waals surface area contributed by atoms with Crippen LogP contribution >= 0.6 is 24.0 Å². The number of halogens is 1. The van der Waals surface area contributed by atoms with Crippen molar-refractivity contribution in [3.05, 3.63) is 65.7 Å². The second-order valence-corrected chi connectivity index (χ2v) is 8.97. The maximum atomic E-state index is 6.17. The SMILES string of the molecule is CN=C(NCc1ccccc1N1CCOCC1)N1CC2OCCN(Cc3ccccc3)C2C1.I. The van der Waals surface area contributed by atoms with Crippen LogP contribution in [0.3, 0.4) is 0 Å². The molecule has 2 aromatic rings. The van der Waals surface area contributed by atoms with Gasteiger partial charge in [-0.2, -0.15) is 0 Å². The van der Waals surface area contributed by atoms with Gasteiger partial charge in [0.05, 0.1) is 32.0 Å². The van der Waals surface area contributed by atoms with Crippen LogP contribution in [0.1, 0.15) is 11.1 Å². The molecule has 2 atom stereocenters. The van der Waals surface area contributed by atoms with Crippen LogP contribution in [0.15, 0.2) is 59.6 Å². The quantitative estimate of drug-likeness (QED) is 0.335. The lowest BCUT2D eigenvalue weighted by Gasteiger charge is -2.36. The van der Waals surface area contributed by atoms with Gasteiger partial charge >= 0.3 is 0 Å². The standard InChI is InChI=1S/C26H35N5O2.HI/c1-27-26(28-17-22-9-5-6-10-23(22)29-11-14-32-15-12-29)31-19-24-25(20-31)33-16-13-30(24)18-21-7-3-2-4-8-21;/h2-10,24-25H,11-20H2,1H3,(H,27,28);1H. The number of likely N-dealkylation sites (tertiary alicyclic amines) is 1. The van der Waals surface area contributed by atoms with E-state index in [9.17, 15) is 0 Å². The van der Waals surface area contributed by atoms with Gasteiger partial charge < -0.3 is 24.6 Å². The number of ether oxygens (including phenoxy) is 2. The van der Waals surface area contributed by atoms with Crippen molar-refractivity contribution in [2.75, 3.05) is 64.5 Å². The minimum Gasteiger partial charge on any atom is -0.378 e. The zero-order chi connectivity index (χ0) is 22.5. The first-order chi connectivity index (χ1) is 16.3. The molecule has 8 heteroatoms. The molecule has 0 aliphatic carbocycles. The van der Waals surface area contributed by atoms with Crippen LogP contribution in [0.25, 0.3) is 0 Å². The fourth-order valence-corrected chi connectivity index (χ4v) is 5.23. The Morgan fingerprint density at radius 3 is 2.53 bits per heavy atom. The minimum absolute atomic E-state index is 0. The van der Waals surface area contributed by atoms with Crippen molar-refractivity contribution in [1.29, 1.82) is 0 Å². The van der Waals surface area contributed by atoms with Gasteiger partial charge in [0.1, 0.15) is 0 Å². The van der Waals surface area contributed by atoms with Gasteiger partial charge in [0.2, 0.25) is 0 Å². The van der Waals surface area contributed by atoms with Crippen molar-refractivity contribution >= 4 is 35.6 Å². The number of morpholine rings is 2. The van der Waals surface area contributed by atoms with Crippen LogP contribution in [-0.2, 0) is 22.6 Å². The van der Waals surface area contributed by atoms with Crippen molar-refractivity contribution in [3.8, 4) is 0 Å². The third-order valence-corrected chi connectivity index (χ3v) is 6.94. The second-order valence-electron chi connectivity index (χ2n) is 8.97. The number of para-hydroxylation sites is 1. The molecule has 1 N–H and O–H groups in total. The van der Waals surface area contributed by atoms with Gasteiger partial charge in [-0.25, -0.2) is 0 Å². The summed E-state index contributed by atoms with van der Waals surface area (Å²) in [5.74, 6) is 0.949. The molecule has 3 saturated heterocycles. The predicted octanol–water partition coefficient (Wildman–Crippen LogP) is 2.80. The average Bonchev–Trinajstić information content (AvgIpc) is 3.31. The Balaban J connectivity index is 0.00000274. The maximum absolute atomic E-state index is 6.17. The van der Waals surface area contributed by atoms with Gasteiger partial charge in [0.15, 0.2) is 5.96 Å². The summed E-state index contributed by atoms with van der Waals surface area (Å²) in [6.45, 7) is 8.76. The maximum Gasteiger partial charge on any atom is 0.194 e. The van der Waals surface area contributed by atoms with Crippen LogP contribution in [0, 0.1) is 0 Å². The lowest BCUT2D eigenvalue weighted by atomic mass is 10.1. The van der Waals surface area contributed by atoms with Gasteiger partial charge in [-0.3, -0.25) is 9.89 Å². The molecule has 2 aromatic carbocycles. The molecular formula is C26H36IN5O2. The van der Waals surface area contributed by atoms with E-state index in [0.717, 1.165) is 71.6 Å². The predicted molar refractivity (Wildman–Crippen MR) is 147 cm³/mol. The van der Waals surface area contributed by atoms with Gasteiger partial charge in [0.25, 0.3) is 0 Å². The summed E-state index contributed by atoms with van der Waals surface area (Å²) in [6, 6.07) is 19.8. The fourth-order valence-electron chi connectivity index (χ4n) is 5.23. The number of aliphatic imine (C=N–C) groups is 1. The Morgan fingerprint density at radius 1 is 0.971 bits per heavy atom. The van der Waals surface area contributed by atoms with Crippen LogP contribution in [-0.4, -0.2) is 87.5 Å². The number of guanidine groups is 1. The lowest BCUT2D eigenvalue weighted by Crippen LogP contribution is -2.50. The molecule has 2 unspecified atom stereocenters. The van der Waals surface area contributed by atoms with Crippen LogP contribution < -0.4 is 10.2 Å². The van der Waals surface area contributed by atoms with Crippen molar-refractivity contribution in [2.24, 2.45) is 4.99 Å². The second kappa shape index (κ2) is 12.2. The molecule has 3 aliphatic rings. The molecule has 0 aromatic heterocycles. The fraction of sp³-hybridized carbons (Fsp3) is 0.500. The van der Waals surface area contributed by atoms with Crippen molar-refractivity contribution in [2.45, 2.75) is 25.2 Å². The van der Waals surface area contributed by atoms with E-state index >= 15 is 0 Å². The summed E-state index contributed by atoms with van der Waals surface area (Å²) in [6.07, 6.45) is 0.224. The summed E-state index contributed by atoms with van der Waals surface area (Å²) >= 11 is 0. The summed E-state index contributed by atoms with van der Waals surface area (Å²) in [4.78, 5) is 12.0. The first-order valence-corrected chi connectivity index (χ1v) is 12.1. The number of nitrogens with zero attached hydrogens (tertiary/aromatic N) is 4. The minimum atomic E-state index is 0. The highest BCUT2D eigenvalue weighted by atomic mass is 127. The molecule has 3 heterocycles. The van der Waals surface area contributed by atoms with Crippen LogP contribution in [0.5, 0.6) is 0 Å². The Hall–Kier alpha value is -1.88. The highest BCUT2D eigenvalue weighted by Crippen LogP contribution is 2.25. The van der Waals surface area contributed by atoms with Crippen molar-refractivity contribution in [3.63, 3.8) is 0 Å². The van der Waals surface area contributed by atoms with E-state index in [-0.39, 0.29) is 30.1 Å². The first-order valence-electron chi connectivity index (χ1n) is 12.1. The van der Waals surface area contributed by atoms with Crippen molar-refractivity contribution < 1.29 is 9.47 Å². The molecule has 0 bridgehead atoms. The zero-order valence-electron chi connectivity index (χ0n) is 19.9. The van der Waals surface area contributed by atoms with Gasteiger partial charge in [-0.05, 0) is 17.2 Å². The largest absolute Gasteiger partial charge is 0.378 e. The molecule has 3 fully saturated rings. The topological polar surface area (TPSA) is 52.6 Å². The molecule has 3 aliphatic heterocycles. The smallest absolute Gasteiger partial charge is 0.194 e. The number of anilines is 1. The van der Waals surface area contributed by atoms with E-state index in [1.807, 2.05) is 7.05 Å². The number of nitrogens with one attached hydrogen (secondary N) is 1. The summed E-state index contributed by atoms with van der Waals surface area (Å²) in [5, 5.41) is 3.63. The molecule has 34 heavy (non-hydrogen) atoms. The van der Waals surface area contributed by atoms with E-state index in [4.69, 9.17) is 9.47 Å². The van der Waals surface area contributed by atoms with Crippen molar-refractivity contribution in [1.82, 2.24) is 15.1 Å². The Bertz CT molecular complexity index is 938. The van der Waals surface area contributed by atoms with E-state index in [1.54, 1.807) is 0 Å². The summed E-state index contributed by atoms with van der Waals surface area (Å²) in [5.41, 5.74) is 3.94. The molecule has 7 nitrogen and oxygen atoms in total. The Kier molecular flexibility index (Phi) is 9.04. The number of hydrogen-bond acceptors (Lipinski definition) is 5. The Morgan fingerprint density at radius 2 is 1.74 bits per heavy atom. The van der Waals surface area contributed by atoms with Gasteiger partial charge in [-0.1, -0.05) is 48.5 Å². The molecule has 0 radical (unpaired) electrons. The number of fused-ring (bicyclic) bond motifs is 1. The lowest BCUT2D eigenvalue weighted by molar-refractivity contribution is -0.0502. The number of benzene rings is 2. The molecular weight excluding hydrogens is 541 g/mol. The molecule has 5 rings (SSSR count). The molecule has 0 spiro atoms. The van der Waals surface area contributed by atoms with E-state index < -0.39 is 0 Å². The normalized spacial score (nSPS) is 23.4. The van der Waals surface area contributed by atoms with E-state index in [2.05, 4.69) is 79.6 Å². The summed E-state index contributed by atoms with van der Waals surface area (Å²) in [7, 11) is 1.88. The highest BCUT2D eigenvalue weighted by molar-refractivity contribution is 14.0. The number of hydrogen-bond donors (Lipinski definition) is 1. The van der Waals surface area contributed by atoms with Crippen LogP contribution in [0.2, 0.25) is 0 Å². The van der Waals surface area contributed by atoms with Gasteiger partial charge in [-0.15, -0.1) is 24.0 Å². The zero-order valence-corrected chi connectivity index (χ0v) is 22.3. The van der Waals surface area contributed by atoms with Crippen LogP contribution in [0.4, 0.5) is 5.69 Å². The monoisotopic (exact) mass is 577 g/mol. The van der Waals surface area contributed by atoms with Gasteiger partial charge in [0, 0.05) is 58.5 Å².